The molecule has 4 saturated carbocycles. The third-order valence-corrected chi connectivity index (χ3v) is 7.64. The summed E-state index contributed by atoms with van der Waals surface area (Å²) in [6, 6.07) is 15.3. The number of aliphatic hydroxyl groups is 1. The molecule has 5 heteroatoms. The summed E-state index contributed by atoms with van der Waals surface area (Å²) in [6.45, 7) is 0.00764. The van der Waals surface area contributed by atoms with Crippen LogP contribution < -0.4 is 5.32 Å². The second-order valence-corrected chi connectivity index (χ2v) is 9.71. The predicted octanol–water partition coefficient (Wildman–Crippen LogP) is 4.71. The first kappa shape index (κ1) is 18.1. The summed E-state index contributed by atoms with van der Waals surface area (Å²) in [7, 11) is 0. The number of hydrogen-bond acceptors (Lipinski definition) is 3. The van der Waals surface area contributed by atoms with Crippen LogP contribution in [0, 0.1) is 17.8 Å². The maximum atomic E-state index is 13.0. The topological polar surface area (TPSA) is 67.2 Å². The quantitative estimate of drug-likeness (QED) is 0.666. The molecule has 3 aromatic rings. The summed E-state index contributed by atoms with van der Waals surface area (Å²) in [5, 5.41) is 12.9. The zero-order valence-electron chi connectivity index (χ0n) is 17.1. The maximum Gasteiger partial charge on any atom is 0.257 e. The lowest BCUT2D eigenvalue weighted by molar-refractivity contribution is -0.0399. The largest absolute Gasteiger partial charge is 0.392 e. The van der Waals surface area contributed by atoms with E-state index < -0.39 is 0 Å². The predicted molar refractivity (Wildman–Crippen MR) is 116 cm³/mol. The van der Waals surface area contributed by atoms with Crippen LogP contribution in [0.2, 0.25) is 0 Å². The molecule has 0 radical (unpaired) electrons. The number of nitrogens with one attached hydrogen (secondary N) is 1. The Kier molecular flexibility index (Phi) is 4.03. The lowest BCUT2D eigenvalue weighted by Crippen LogP contribution is -2.52. The second-order valence-electron chi connectivity index (χ2n) is 9.71. The summed E-state index contributed by atoms with van der Waals surface area (Å²) in [5.74, 6) is 2.88. The highest BCUT2D eigenvalue weighted by atomic mass is 16.3. The molecule has 154 valence electrons. The molecule has 4 aliphatic carbocycles. The van der Waals surface area contributed by atoms with Crippen molar-refractivity contribution >= 4 is 22.9 Å². The first-order valence-electron chi connectivity index (χ1n) is 11.1. The average molecular weight is 402 g/mol. The molecule has 4 aliphatic rings. The molecule has 0 atom stereocenters. The highest BCUT2D eigenvalue weighted by Gasteiger charge is 2.53. The summed E-state index contributed by atoms with van der Waals surface area (Å²) >= 11 is 0. The van der Waals surface area contributed by atoms with Crippen molar-refractivity contribution in [2.75, 3.05) is 5.32 Å². The van der Waals surface area contributed by atoms with Crippen molar-refractivity contribution in [1.29, 1.82) is 0 Å². The minimum Gasteiger partial charge on any atom is -0.392 e. The maximum absolute atomic E-state index is 13.0. The minimum absolute atomic E-state index is 0.00764. The van der Waals surface area contributed by atoms with E-state index in [2.05, 4.69) is 16.0 Å². The van der Waals surface area contributed by atoms with Gasteiger partial charge in [0.1, 0.15) is 0 Å². The van der Waals surface area contributed by atoms with E-state index >= 15 is 0 Å². The van der Waals surface area contributed by atoms with Crippen molar-refractivity contribution in [3.05, 3.63) is 59.7 Å². The monoisotopic (exact) mass is 401 g/mol. The number of fused-ring (bicyclic) bond motifs is 1. The van der Waals surface area contributed by atoms with Gasteiger partial charge in [-0.25, -0.2) is 4.98 Å². The van der Waals surface area contributed by atoms with Gasteiger partial charge in [-0.3, -0.25) is 10.1 Å². The van der Waals surface area contributed by atoms with Gasteiger partial charge in [-0.15, -0.1) is 0 Å². The summed E-state index contributed by atoms with van der Waals surface area (Å²) in [6.07, 6.45) is 7.59. The van der Waals surface area contributed by atoms with Crippen LogP contribution in [0.3, 0.4) is 0 Å². The van der Waals surface area contributed by atoms with Crippen LogP contribution in [0.15, 0.2) is 48.5 Å². The van der Waals surface area contributed by atoms with Gasteiger partial charge < -0.3 is 9.67 Å². The van der Waals surface area contributed by atoms with Crippen LogP contribution in [-0.4, -0.2) is 20.6 Å². The number of nitrogens with zero attached hydrogens (tertiary/aromatic N) is 2. The fraction of sp³-hybridized carbons (Fsp3) is 0.440. The molecule has 1 heterocycles. The second kappa shape index (κ2) is 6.67. The first-order valence-corrected chi connectivity index (χ1v) is 11.1. The molecule has 0 saturated heterocycles. The highest BCUT2D eigenvalue weighted by molar-refractivity contribution is 6.04. The highest BCUT2D eigenvalue weighted by Crippen LogP contribution is 2.60. The smallest absolute Gasteiger partial charge is 0.257 e. The molecule has 0 aliphatic heterocycles. The van der Waals surface area contributed by atoms with E-state index in [4.69, 9.17) is 4.98 Å². The Labute approximate surface area is 176 Å². The molecule has 1 amide bonds. The zero-order valence-corrected chi connectivity index (χ0v) is 17.1. The molecule has 0 unspecified atom stereocenters. The lowest BCUT2D eigenvalue weighted by atomic mass is 9.53. The van der Waals surface area contributed by atoms with Gasteiger partial charge in [0.15, 0.2) is 0 Å². The summed E-state index contributed by atoms with van der Waals surface area (Å²) < 4.78 is 2.34. The Hall–Kier alpha value is -2.66. The summed E-state index contributed by atoms with van der Waals surface area (Å²) in [4.78, 5) is 17.8. The first-order chi connectivity index (χ1) is 14.6. The van der Waals surface area contributed by atoms with Crippen molar-refractivity contribution in [1.82, 2.24) is 9.55 Å². The normalized spacial score (nSPS) is 29.4. The van der Waals surface area contributed by atoms with Gasteiger partial charge in [0.25, 0.3) is 5.91 Å². The van der Waals surface area contributed by atoms with E-state index in [9.17, 15) is 9.90 Å². The van der Waals surface area contributed by atoms with Crippen molar-refractivity contribution in [2.24, 2.45) is 17.8 Å². The van der Waals surface area contributed by atoms with Crippen molar-refractivity contribution < 1.29 is 9.90 Å². The molecule has 1 aromatic heterocycles. The SMILES string of the molecule is O=C(Nc1nc2ccc(CO)cc2n1C12CC3CC(CC(C3)C1)C2)c1ccccc1. The Morgan fingerprint density at radius 1 is 1.03 bits per heavy atom. The van der Waals surface area contributed by atoms with E-state index in [1.807, 2.05) is 42.5 Å². The number of anilines is 1. The Balaban J connectivity index is 1.49. The van der Waals surface area contributed by atoms with Crippen molar-refractivity contribution in [2.45, 2.75) is 50.7 Å². The Morgan fingerprint density at radius 3 is 2.33 bits per heavy atom. The van der Waals surface area contributed by atoms with Gasteiger partial charge in [0.2, 0.25) is 5.95 Å². The Morgan fingerprint density at radius 2 is 1.70 bits per heavy atom. The number of carbonyl (C=O) groups is 1. The standard InChI is InChI=1S/C25H27N3O2/c29-15-16-6-7-21-22(11-16)28(24(26-21)27-23(30)20-4-2-1-3-5-20)25-12-17-8-18(13-25)10-19(9-17)14-25/h1-7,11,17-19,29H,8-10,12-15H2,(H,26,27,30). The molecule has 4 bridgehead atoms. The fourth-order valence-corrected chi connectivity index (χ4v) is 6.89. The van der Waals surface area contributed by atoms with Crippen molar-refractivity contribution in [3.63, 3.8) is 0 Å². The number of hydrogen-bond donors (Lipinski definition) is 2. The van der Waals surface area contributed by atoms with E-state index in [-0.39, 0.29) is 18.1 Å². The van der Waals surface area contributed by atoms with Crippen LogP contribution in [0.4, 0.5) is 5.95 Å². The Bertz CT molecular complexity index is 1080. The van der Waals surface area contributed by atoms with Gasteiger partial charge in [0, 0.05) is 11.1 Å². The van der Waals surface area contributed by atoms with E-state index in [0.29, 0.717) is 11.5 Å². The number of carbonyl (C=O) groups excluding carboxylic acids is 1. The molecule has 30 heavy (non-hydrogen) atoms. The molecule has 2 aromatic carbocycles. The lowest BCUT2D eigenvalue weighted by Gasteiger charge is -2.57. The van der Waals surface area contributed by atoms with Crippen LogP contribution in [0.5, 0.6) is 0 Å². The van der Waals surface area contributed by atoms with Gasteiger partial charge >= 0.3 is 0 Å². The van der Waals surface area contributed by atoms with Gasteiger partial charge in [-0.05, 0) is 86.1 Å². The number of rotatable bonds is 4. The summed E-state index contributed by atoms with van der Waals surface area (Å²) in [5.41, 5.74) is 3.46. The van der Waals surface area contributed by atoms with E-state index in [0.717, 1.165) is 34.4 Å². The molecule has 7 rings (SSSR count). The number of imidazole rings is 1. The molecule has 0 spiro atoms. The number of aromatic nitrogens is 2. The van der Waals surface area contributed by atoms with Gasteiger partial charge in [-0.1, -0.05) is 24.3 Å². The van der Waals surface area contributed by atoms with Gasteiger partial charge in [0.05, 0.1) is 17.6 Å². The fourth-order valence-electron chi connectivity index (χ4n) is 6.89. The van der Waals surface area contributed by atoms with Crippen LogP contribution >= 0.6 is 0 Å². The van der Waals surface area contributed by atoms with E-state index in [1.165, 1.54) is 38.5 Å². The van der Waals surface area contributed by atoms with Crippen LogP contribution in [0.25, 0.3) is 11.0 Å². The molecule has 2 N–H and O–H groups in total. The third kappa shape index (κ3) is 2.79. The minimum atomic E-state index is -0.126. The number of benzene rings is 2. The molecule has 5 nitrogen and oxygen atoms in total. The molecule has 4 fully saturated rings. The van der Waals surface area contributed by atoms with E-state index in [1.54, 1.807) is 0 Å². The van der Waals surface area contributed by atoms with Crippen molar-refractivity contribution in [3.8, 4) is 0 Å². The average Bonchev–Trinajstić information content (AvgIpc) is 3.11. The number of aliphatic hydroxyl groups excluding tert-OH is 1. The van der Waals surface area contributed by atoms with Crippen LogP contribution in [0.1, 0.15) is 54.4 Å². The third-order valence-electron chi connectivity index (χ3n) is 7.64. The van der Waals surface area contributed by atoms with Crippen LogP contribution in [-0.2, 0) is 12.1 Å². The number of amides is 1. The van der Waals surface area contributed by atoms with Gasteiger partial charge in [-0.2, -0.15) is 0 Å². The molecular weight excluding hydrogens is 374 g/mol. The zero-order chi connectivity index (χ0) is 20.3. The molecular formula is C25H27N3O2.